The number of rotatable bonds is 3. The zero-order valence-corrected chi connectivity index (χ0v) is 11.0. The smallest absolute Gasteiger partial charge is 0.223 e. The quantitative estimate of drug-likeness (QED) is 0.794. The molecule has 2 fully saturated rings. The Labute approximate surface area is 104 Å². The molecule has 94 valence electrons. The van der Waals surface area contributed by atoms with Crippen LogP contribution in [0, 0.1) is 17.8 Å². The fourth-order valence-corrected chi connectivity index (χ4v) is 2.70. The van der Waals surface area contributed by atoms with Gasteiger partial charge in [0.25, 0.3) is 0 Å². The van der Waals surface area contributed by atoms with Crippen LogP contribution < -0.4 is 10.6 Å². The summed E-state index contributed by atoms with van der Waals surface area (Å²) in [7, 11) is 0. The average Bonchev–Trinajstić information content (AvgIpc) is 2.97. The van der Waals surface area contributed by atoms with Crippen LogP contribution in [0.3, 0.4) is 0 Å². The number of piperidine rings is 1. The first-order chi connectivity index (χ1) is 7.18. The second kappa shape index (κ2) is 5.87. The fourth-order valence-electron chi connectivity index (χ4n) is 2.70. The molecule has 2 rings (SSSR count). The van der Waals surface area contributed by atoms with Crippen molar-refractivity contribution < 1.29 is 4.79 Å². The van der Waals surface area contributed by atoms with Gasteiger partial charge in [0.2, 0.25) is 5.91 Å². The molecule has 0 aromatic rings. The number of nitrogens with one attached hydrogen (secondary N) is 2. The van der Waals surface area contributed by atoms with Gasteiger partial charge in [-0.15, -0.1) is 12.4 Å². The summed E-state index contributed by atoms with van der Waals surface area (Å²) in [5, 5.41) is 6.39. The molecule has 0 aromatic carbocycles. The molecule has 0 radical (unpaired) electrons. The zero-order chi connectivity index (χ0) is 10.8. The summed E-state index contributed by atoms with van der Waals surface area (Å²) in [6.45, 7) is 6.33. The van der Waals surface area contributed by atoms with Crippen LogP contribution in [-0.2, 0) is 4.79 Å². The molecule has 1 aliphatic heterocycles. The first kappa shape index (κ1) is 13.8. The van der Waals surface area contributed by atoms with Crippen molar-refractivity contribution in [1.82, 2.24) is 10.6 Å². The topological polar surface area (TPSA) is 41.1 Å². The van der Waals surface area contributed by atoms with Crippen molar-refractivity contribution in [1.29, 1.82) is 0 Å². The molecule has 1 saturated heterocycles. The summed E-state index contributed by atoms with van der Waals surface area (Å²) in [6, 6.07) is 0.284. The summed E-state index contributed by atoms with van der Waals surface area (Å²) in [5.41, 5.74) is 0. The lowest BCUT2D eigenvalue weighted by Gasteiger charge is -2.22. The predicted octanol–water partition coefficient (Wildman–Crippen LogP) is 1.57. The van der Waals surface area contributed by atoms with E-state index in [-0.39, 0.29) is 24.4 Å². The lowest BCUT2D eigenvalue weighted by atomic mass is 9.92. The van der Waals surface area contributed by atoms with Crippen molar-refractivity contribution in [3.63, 3.8) is 0 Å². The minimum Gasteiger partial charge on any atom is -0.354 e. The SMILES string of the molecule is CC(C)NC(=O)[C@@H]1C[C@H]1C1CCNCC1.Cl. The highest BCUT2D eigenvalue weighted by Gasteiger charge is 2.47. The van der Waals surface area contributed by atoms with E-state index in [1.165, 1.54) is 12.8 Å². The molecular formula is C12H23ClN2O. The van der Waals surface area contributed by atoms with Gasteiger partial charge in [0.1, 0.15) is 0 Å². The Kier molecular flexibility index (Phi) is 5.06. The lowest BCUT2D eigenvalue weighted by Crippen LogP contribution is -2.33. The van der Waals surface area contributed by atoms with Crippen LogP contribution in [0.2, 0.25) is 0 Å². The summed E-state index contributed by atoms with van der Waals surface area (Å²) >= 11 is 0. The van der Waals surface area contributed by atoms with Crippen LogP contribution in [0.5, 0.6) is 0 Å². The van der Waals surface area contributed by atoms with Crippen molar-refractivity contribution in [2.45, 2.75) is 39.2 Å². The fraction of sp³-hybridized carbons (Fsp3) is 0.917. The lowest BCUT2D eigenvalue weighted by molar-refractivity contribution is -0.123. The molecule has 0 bridgehead atoms. The van der Waals surface area contributed by atoms with Crippen LogP contribution in [0.25, 0.3) is 0 Å². The first-order valence-corrected chi connectivity index (χ1v) is 6.19. The average molecular weight is 247 g/mol. The molecule has 1 amide bonds. The van der Waals surface area contributed by atoms with E-state index in [9.17, 15) is 4.79 Å². The van der Waals surface area contributed by atoms with Gasteiger partial charge in [-0.25, -0.2) is 0 Å². The number of carbonyl (C=O) groups excluding carboxylic acids is 1. The molecule has 0 aromatic heterocycles. The molecule has 3 nitrogen and oxygen atoms in total. The maximum absolute atomic E-state index is 11.7. The summed E-state index contributed by atoms with van der Waals surface area (Å²) in [6.07, 6.45) is 3.65. The van der Waals surface area contributed by atoms with Crippen LogP contribution in [-0.4, -0.2) is 25.0 Å². The van der Waals surface area contributed by atoms with Gasteiger partial charge in [-0.3, -0.25) is 4.79 Å². The molecule has 1 aliphatic carbocycles. The number of hydrogen-bond acceptors (Lipinski definition) is 2. The summed E-state index contributed by atoms with van der Waals surface area (Å²) in [4.78, 5) is 11.7. The first-order valence-electron chi connectivity index (χ1n) is 6.19. The standard InChI is InChI=1S/C12H22N2O.ClH/c1-8(2)14-12(15)11-7-10(11)9-3-5-13-6-4-9;/h8-11,13H,3-7H2,1-2H3,(H,14,15);1H/t10-,11+;/m0./s1. The second-order valence-electron chi connectivity index (χ2n) is 5.26. The second-order valence-corrected chi connectivity index (χ2v) is 5.26. The van der Waals surface area contributed by atoms with Gasteiger partial charge in [0.05, 0.1) is 0 Å². The summed E-state index contributed by atoms with van der Waals surface area (Å²) in [5.74, 6) is 2.10. The van der Waals surface area contributed by atoms with E-state index >= 15 is 0 Å². The Morgan fingerprint density at radius 3 is 2.50 bits per heavy atom. The van der Waals surface area contributed by atoms with Crippen molar-refractivity contribution in [2.24, 2.45) is 17.8 Å². The van der Waals surface area contributed by atoms with Crippen molar-refractivity contribution in [3.8, 4) is 0 Å². The molecule has 2 aliphatic rings. The van der Waals surface area contributed by atoms with Gasteiger partial charge in [0.15, 0.2) is 0 Å². The van der Waals surface area contributed by atoms with Gasteiger partial charge in [-0.05, 0) is 58.0 Å². The van der Waals surface area contributed by atoms with E-state index in [0.29, 0.717) is 11.8 Å². The molecule has 16 heavy (non-hydrogen) atoms. The monoisotopic (exact) mass is 246 g/mol. The zero-order valence-electron chi connectivity index (χ0n) is 10.2. The van der Waals surface area contributed by atoms with E-state index in [1.807, 2.05) is 13.8 Å². The third-order valence-electron chi connectivity index (χ3n) is 3.60. The molecule has 1 heterocycles. The third kappa shape index (κ3) is 3.36. The highest BCUT2D eigenvalue weighted by molar-refractivity contribution is 5.85. The van der Waals surface area contributed by atoms with E-state index in [4.69, 9.17) is 0 Å². The Morgan fingerprint density at radius 2 is 1.94 bits per heavy atom. The maximum atomic E-state index is 11.7. The number of carbonyl (C=O) groups is 1. The molecule has 0 spiro atoms. The van der Waals surface area contributed by atoms with Gasteiger partial charge in [-0.1, -0.05) is 0 Å². The highest BCUT2D eigenvalue weighted by atomic mass is 35.5. The Morgan fingerprint density at radius 1 is 1.31 bits per heavy atom. The van der Waals surface area contributed by atoms with Crippen LogP contribution >= 0.6 is 12.4 Å². The van der Waals surface area contributed by atoms with E-state index < -0.39 is 0 Å². The van der Waals surface area contributed by atoms with Gasteiger partial charge >= 0.3 is 0 Å². The number of halogens is 1. The molecular weight excluding hydrogens is 224 g/mol. The van der Waals surface area contributed by atoms with Crippen LogP contribution in [0.1, 0.15) is 33.1 Å². The van der Waals surface area contributed by atoms with Crippen LogP contribution in [0.4, 0.5) is 0 Å². The maximum Gasteiger partial charge on any atom is 0.223 e. The van der Waals surface area contributed by atoms with Crippen molar-refractivity contribution >= 4 is 18.3 Å². The van der Waals surface area contributed by atoms with Gasteiger partial charge < -0.3 is 10.6 Å². The Hall–Kier alpha value is -0.280. The largest absolute Gasteiger partial charge is 0.354 e. The Bertz CT molecular complexity index is 239. The van der Waals surface area contributed by atoms with E-state index in [2.05, 4.69) is 10.6 Å². The van der Waals surface area contributed by atoms with Gasteiger partial charge in [0, 0.05) is 12.0 Å². The highest BCUT2D eigenvalue weighted by Crippen LogP contribution is 2.47. The van der Waals surface area contributed by atoms with Gasteiger partial charge in [-0.2, -0.15) is 0 Å². The van der Waals surface area contributed by atoms with Crippen molar-refractivity contribution in [3.05, 3.63) is 0 Å². The normalized spacial score (nSPS) is 29.7. The molecule has 2 N–H and O–H groups in total. The molecule has 2 atom stereocenters. The number of amides is 1. The molecule has 1 saturated carbocycles. The van der Waals surface area contributed by atoms with Crippen LogP contribution in [0.15, 0.2) is 0 Å². The van der Waals surface area contributed by atoms with Crippen molar-refractivity contribution in [2.75, 3.05) is 13.1 Å². The minimum atomic E-state index is 0. The van der Waals surface area contributed by atoms with E-state index in [1.54, 1.807) is 0 Å². The molecule has 0 unspecified atom stereocenters. The van der Waals surface area contributed by atoms with E-state index in [0.717, 1.165) is 25.4 Å². The molecule has 4 heteroatoms. The minimum absolute atomic E-state index is 0. The third-order valence-corrected chi connectivity index (χ3v) is 3.60. The Balaban J connectivity index is 0.00000128. The summed E-state index contributed by atoms with van der Waals surface area (Å²) < 4.78 is 0. The predicted molar refractivity (Wildman–Crippen MR) is 67.7 cm³/mol. The number of hydrogen-bond donors (Lipinski definition) is 2.